The molecule has 0 radical (unpaired) electrons. The molecule has 1 aliphatic carbocycles. The van der Waals surface area contributed by atoms with Crippen LogP contribution in [0.15, 0.2) is 0 Å². The van der Waals surface area contributed by atoms with Gasteiger partial charge in [-0.3, -0.25) is 4.90 Å². The highest BCUT2D eigenvalue weighted by atomic mass is 15.2. The van der Waals surface area contributed by atoms with Gasteiger partial charge in [-0.2, -0.15) is 0 Å². The van der Waals surface area contributed by atoms with Crippen molar-refractivity contribution in [2.24, 2.45) is 5.73 Å². The van der Waals surface area contributed by atoms with Crippen molar-refractivity contribution in [1.29, 1.82) is 0 Å². The van der Waals surface area contributed by atoms with Gasteiger partial charge in [-0.25, -0.2) is 0 Å². The van der Waals surface area contributed by atoms with Gasteiger partial charge in [-0.15, -0.1) is 0 Å². The van der Waals surface area contributed by atoms with Gasteiger partial charge in [0.25, 0.3) is 0 Å². The van der Waals surface area contributed by atoms with E-state index in [9.17, 15) is 0 Å². The van der Waals surface area contributed by atoms with E-state index in [4.69, 9.17) is 5.73 Å². The Bertz CT molecular complexity index is 184. The molecule has 0 spiro atoms. The quantitative estimate of drug-likeness (QED) is 0.723. The van der Waals surface area contributed by atoms with E-state index in [0.717, 1.165) is 19.6 Å². The van der Waals surface area contributed by atoms with Crippen molar-refractivity contribution in [2.75, 3.05) is 40.8 Å². The lowest BCUT2D eigenvalue weighted by atomic mass is 9.88. The minimum atomic E-state index is 0.284. The Morgan fingerprint density at radius 1 is 0.938 bits per heavy atom. The number of rotatable bonds is 5. The molecule has 1 fully saturated rings. The molecule has 0 unspecified atom stereocenters. The van der Waals surface area contributed by atoms with Crippen molar-refractivity contribution in [1.82, 2.24) is 9.80 Å². The van der Waals surface area contributed by atoms with Crippen molar-refractivity contribution in [3.8, 4) is 0 Å². The molecule has 0 heterocycles. The normalized spacial score (nSPS) is 21.4. The third kappa shape index (κ3) is 3.72. The molecular weight excluding hydrogens is 198 g/mol. The summed E-state index contributed by atoms with van der Waals surface area (Å²) >= 11 is 0. The van der Waals surface area contributed by atoms with Crippen LogP contribution in [0, 0.1) is 0 Å². The van der Waals surface area contributed by atoms with E-state index in [1.54, 1.807) is 0 Å². The van der Waals surface area contributed by atoms with Crippen LogP contribution in [-0.2, 0) is 0 Å². The number of hydrogen-bond donors (Lipinski definition) is 1. The minimum Gasteiger partial charge on any atom is -0.329 e. The van der Waals surface area contributed by atoms with Crippen LogP contribution in [0.1, 0.15) is 38.5 Å². The van der Waals surface area contributed by atoms with Gasteiger partial charge in [-0.1, -0.05) is 25.7 Å². The molecule has 0 aliphatic heterocycles. The molecule has 1 aliphatic rings. The zero-order valence-corrected chi connectivity index (χ0v) is 11.3. The van der Waals surface area contributed by atoms with Gasteiger partial charge in [0.15, 0.2) is 0 Å². The van der Waals surface area contributed by atoms with E-state index in [0.29, 0.717) is 0 Å². The predicted molar refractivity (Wildman–Crippen MR) is 70.7 cm³/mol. The van der Waals surface area contributed by atoms with Crippen LogP contribution in [-0.4, -0.2) is 56.1 Å². The summed E-state index contributed by atoms with van der Waals surface area (Å²) in [4.78, 5) is 4.76. The standard InChI is InChI=1S/C13H29N3/c1-15(2)10-11-16(3)13(12-14)8-6-4-5-7-9-13/h4-12,14H2,1-3H3. The average molecular weight is 227 g/mol. The Hall–Kier alpha value is -0.120. The van der Waals surface area contributed by atoms with Crippen molar-refractivity contribution in [3.63, 3.8) is 0 Å². The Labute approximate surface area is 101 Å². The smallest absolute Gasteiger partial charge is 0.0329 e. The molecule has 2 N–H and O–H groups in total. The lowest BCUT2D eigenvalue weighted by Gasteiger charge is -2.41. The van der Waals surface area contributed by atoms with Crippen LogP contribution in [0.4, 0.5) is 0 Å². The summed E-state index contributed by atoms with van der Waals surface area (Å²) < 4.78 is 0. The molecule has 0 aromatic carbocycles. The van der Waals surface area contributed by atoms with Crippen molar-refractivity contribution < 1.29 is 0 Å². The molecule has 1 rings (SSSR count). The maximum absolute atomic E-state index is 6.06. The summed E-state index contributed by atoms with van der Waals surface area (Å²) in [5, 5.41) is 0. The zero-order valence-electron chi connectivity index (χ0n) is 11.3. The van der Waals surface area contributed by atoms with Gasteiger partial charge in [0.2, 0.25) is 0 Å². The minimum absolute atomic E-state index is 0.284. The van der Waals surface area contributed by atoms with E-state index in [2.05, 4.69) is 30.9 Å². The van der Waals surface area contributed by atoms with Crippen LogP contribution in [0.2, 0.25) is 0 Å². The topological polar surface area (TPSA) is 32.5 Å². The van der Waals surface area contributed by atoms with E-state index in [1.807, 2.05) is 0 Å². The summed E-state index contributed by atoms with van der Waals surface area (Å²) in [6.45, 7) is 3.07. The van der Waals surface area contributed by atoms with Crippen LogP contribution in [0.5, 0.6) is 0 Å². The SMILES string of the molecule is CN(C)CCN(C)C1(CN)CCCCCC1. The van der Waals surface area contributed by atoms with Gasteiger partial charge < -0.3 is 10.6 Å². The summed E-state index contributed by atoms with van der Waals surface area (Å²) in [7, 11) is 6.52. The molecule has 0 amide bonds. The first-order chi connectivity index (χ1) is 7.60. The second kappa shape index (κ2) is 6.58. The summed E-state index contributed by atoms with van der Waals surface area (Å²) in [5.41, 5.74) is 6.34. The molecule has 16 heavy (non-hydrogen) atoms. The second-order valence-electron chi connectivity index (χ2n) is 5.57. The van der Waals surface area contributed by atoms with Crippen LogP contribution >= 0.6 is 0 Å². The van der Waals surface area contributed by atoms with E-state index in [1.165, 1.54) is 38.5 Å². The van der Waals surface area contributed by atoms with Crippen molar-refractivity contribution in [2.45, 2.75) is 44.1 Å². The van der Waals surface area contributed by atoms with Gasteiger partial charge in [0.1, 0.15) is 0 Å². The summed E-state index contributed by atoms with van der Waals surface area (Å²) in [5.74, 6) is 0. The van der Waals surface area contributed by atoms with Crippen molar-refractivity contribution >= 4 is 0 Å². The molecule has 0 saturated heterocycles. The lowest BCUT2D eigenvalue weighted by molar-refractivity contribution is 0.0992. The Morgan fingerprint density at radius 3 is 1.94 bits per heavy atom. The Morgan fingerprint density at radius 2 is 1.50 bits per heavy atom. The highest BCUT2D eigenvalue weighted by Gasteiger charge is 2.33. The van der Waals surface area contributed by atoms with E-state index in [-0.39, 0.29) is 5.54 Å². The van der Waals surface area contributed by atoms with Gasteiger partial charge >= 0.3 is 0 Å². The average Bonchev–Trinajstić information content (AvgIpc) is 2.51. The zero-order chi connectivity index (χ0) is 12.0. The lowest BCUT2D eigenvalue weighted by Crippen LogP contribution is -2.53. The van der Waals surface area contributed by atoms with Crippen LogP contribution in [0.25, 0.3) is 0 Å². The van der Waals surface area contributed by atoms with Gasteiger partial charge in [0, 0.05) is 25.2 Å². The monoisotopic (exact) mass is 227 g/mol. The Kier molecular flexibility index (Phi) is 5.73. The van der Waals surface area contributed by atoms with E-state index < -0.39 is 0 Å². The maximum atomic E-state index is 6.06. The maximum Gasteiger partial charge on any atom is 0.0329 e. The fraction of sp³-hybridized carbons (Fsp3) is 1.00. The molecule has 0 aromatic heterocycles. The highest BCUT2D eigenvalue weighted by Crippen LogP contribution is 2.30. The molecule has 0 aromatic rings. The largest absolute Gasteiger partial charge is 0.329 e. The highest BCUT2D eigenvalue weighted by molar-refractivity contribution is 4.91. The molecule has 3 nitrogen and oxygen atoms in total. The third-order valence-electron chi connectivity index (χ3n) is 4.11. The number of nitrogens with zero attached hydrogens (tertiary/aromatic N) is 2. The molecule has 96 valence electrons. The van der Waals surface area contributed by atoms with Crippen LogP contribution in [0.3, 0.4) is 0 Å². The summed E-state index contributed by atoms with van der Waals surface area (Å²) in [6.07, 6.45) is 8.06. The number of likely N-dealkylation sites (N-methyl/N-ethyl adjacent to an activating group) is 2. The summed E-state index contributed by atoms with van der Waals surface area (Å²) in [6, 6.07) is 0. The molecule has 1 saturated carbocycles. The molecule has 3 heteroatoms. The number of hydrogen-bond acceptors (Lipinski definition) is 3. The number of nitrogens with two attached hydrogens (primary N) is 1. The predicted octanol–water partition coefficient (Wildman–Crippen LogP) is 1.53. The third-order valence-corrected chi connectivity index (χ3v) is 4.11. The fourth-order valence-corrected chi connectivity index (χ4v) is 2.72. The first kappa shape index (κ1) is 13.9. The fourth-order valence-electron chi connectivity index (χ4n) is 2.72. The van der Waals surface area contributed by atoms with Crippen molar-refractivity contribution in [3.05, 3.63) is 0 Å². The van der Waals surface area contributed by atoms with Crippen LogP contribution < -0.4 is 5.73 Å². The molecular formula is C13H29N3. The van der Waals surface area contributed by atoms with E-state index >= 15 is 0 Å². The Balaban J connectivity index is 2.54. The molecule has 0 bridgehead atoms. The van der Waals surface area contributed by atoms with Gasteiger partial charge in [-0.05, 0) is 34.0 Å². The first-order valence-electron chi connectivity index (χ1n) is 6.67. The second-order valence-corrected chi connectivity index (χ2v) is 5.57. The molecule has 0 atom stereocenters. The van der Waals surface area contributed by atoms with Gasteiger partial charge in [0.05, 0.1) is 0 Å². The first-order valence-corrected chi connectivity index (χ1v) is 6.67.